The molecule has 2 aliphatic heterocycles. The molecule has 2 amide bonds. The number of benzene rings is 1. The third-order valence-electron chi connectivity index (χ3n) is 8.87. The highest BCUT2D eigenvalue weighted by Gasteiger charge is 2.46. The summed E-state index contributed by atoms with van der Waals surface area (Å²) in [5.41, 5.74) is 0.371. The van der Waals surface area contributed by atoms with Crippen molar-refractivity contribution in [2.45, 2.75) is 57.8 Å². The minimum absolute atomic E-state index is 0.0168. The van der Waals surface area contributed by atoms with E-state index in [1.807, 2.05) is 11.0 Å². The maximum atomic E-state index is 13.9. The van der Waals surface area contributed by atoms with Crippen molar-refractivity contribution in [2.24, 2.45) is 0 Å². The Kier molecular flexibility index (Phi) is 8.11. The van der Waals surface area contributed by atoms with Crippen molar-refractivity contribution in [1.82, 2.24) is 29.0 Å². The van der Waals surface area contributed by atoms with Crippen molar-refractivity contribution in [3.8, 4) is 0 Å². The van der Waals surface area contributed by atoms with Crippen molar-refractivity contribution in [2.75, 3.05) is 49.5 Å². The van der Waals surface area contributed by atoms with Crippen LogP contribution in [0.4, 0.5) is 33.3 Å². The Morgan fingerprint density at radius 3 is 2.30 bits per heavy atom. The molecule has 16 heteroatoms. The number of alkyl halides is 5. The van der Waals surface area contributed by atoms with E-state index in [-0.39, 0.29) is 43.0 Å². The molecule has 1 aromatic carbocycles. The van der Waals surface area contributed by atoms with Gasteiger partial charge in [0.05, 0.1) is 18.7 Å². The molecule has 246 valence electrons. The molecule has 3 aromatic rings. The topological polar surface area (TPSA) is 108 Å². The summed E-state index contributed by atoms with van der Waals surface area (Å²) >= 11 is 0. The number of rotatable bonds is 6. The van der Waals surface area contributed by atoms with Crippen LogP contribution in [0.2, 0.25) is 0 Å². The van der Waals surface area contributed by atoms with Crippen molar-refractivity contribution in [1.29, 1.82) is 0 Å². The van der Waals surface area contributed by atoms with E-state index in [1.165, 1.54) is 6.92 Å². The summed E-state index contributed by atoms with van der Waals surface area (Å²) in [4.78, 5) is 48.9. The number of carbonyl (C=O) groups excluding carboxylic acids is 2. The number of nitrogens with zero attached hydrogens (tertiary/aromatic N) is 7. The van der Waals surface area contributed by atoms with Crippen LogP contribution >= 0.6 is 0 Å². The summed E-state index contributed by atoms with van der Waals surface area (Å²) in [6.07, 6.45) is -0.935. The Morgan fingerprint density at radius 2 is 1.74 bits per heavy atom. The molecule has 11 nitrogen and oxygen atoms in total. The van der Waals surface area contributed by atoms with E-state index >= 15 is 0 Å². The number of likely N-dealkylation sites (tertiary alicyclic amines) is 1. The zero-order valence-electron chi connectivity index (χ0n) is 25.3. The van der Waals surface area contributed by atoms with Crippen molar-refractivity contribution in [3.63, 3.8) is 0 Å². The molecule has 2 saturated heterocycles. The number of amides is 2. The largest absolute Gasteiger partial charge is 0.416 e. The van der Waals surface area contributed by atoms with Gasteiger partial charge in [-0.25, -0.2) is 8.78 Å². The fraction of sp³-hybridized carbons (Fsp3) is 0.500. The molecule has 1 N–H and O–H groups in total. The maximum absolute atomic E-state index is 13.9. The first-order chi connectivity index (χ1) is 21.7. The summed E-state index contributed by atoms with van der Waals surface area (Å²) in [6, 6.07) is 4.05. The first kappa shape index (κ1) is 31.6. The minimum Gasteiger partial charge on any atom is -0.362 e. The van der Waals surface area contributed by atoms with Gasteiger partial charge in [0.15, 0.2) is 5.82 Å². The molecular formula is C30H33F5N8O3. The van der Waals surface area contributed by atoms with Gasteiger partial charge in [-0.1, -0.05) is 6.08 Å². The van der Waals surface area contributed by atoms with E-state index in [9.17, 15) is 36.3 Å². The molecule has 6 rings (SSSR count). The normalized spacial score (nSPS) is 20.4. The summed E-state index contributed by atoms with van der Waals surface area (Å²) in [7, 11) is 0. The van der Waals surface area contributed by atoms with Crippen molar-refractivity contribution in [3.05, 3.63) is 57.8 Å². The average molecular weight is 649 g/mol. The summed E-state index contributed by atoms with van der Waals surface area (Å²) < 4.78 is 68.5. The zero-order chi connectivity index (χ0) is 33.0. The van der Waals surface area contributed by atoms with Crippen LogP contribution in [0, 0.1) is 6.92 Å². The number of fused-ring (bicyclic) bond motifs is 1. The van der Waals surface area contributed by atoms with Crippen LogP contribution in [-0.4, -0.2) is 92.0 Å². The second-order valence-electron chi connectivity index (χ2n) is 12.0. The second kappa shape index (κ2) is 11.8. The lowest BCUT2D eigenvalue weighted by atomic mass is 9.91. The molecular weight excluding hydrogens is 615 g/mol. The number of allylic oxidation sites excluding steroid dienone is 1. The fourth-order valence-corrected chi connectivity index (χ4v) is 6.33. The third kappa shape index (κ3) is 6.22. The quantitative estimate of drug-likeness (QED) is 0.409. The Labute approximate surface area is 260 Å². The molecule has 0 saturated carbocycles. The molecule has 0 bridgehead atoms. The Bertz CT molecular complexity index is 1750. The van der Waals surface area contributed by atoms with Crippen LogP contribution in [0.3, 0.4) is 0 Å². The summed E-state index contributed by atoms with van der Waals surface area (Å²) in [6.45, 7) is 3.88. The summed E-state index contributed by atoms with van der Waals surface area (Å²) in [5, 5.41) is 7.13. The highest BCUT2D eigenvalue weighted by molar-refractivity contribution is 5.91. The Morgan fingerprint density at radius 1 is 1.07 bits per heavy atom. The number of hydrogen-bond acceptors (Lipinski definition) is 7. The van der Waals surface area contributed by atoms with Gasteiger partial charge in [-0.05, 0) is 56.0 Å². The number of halogens is 5. The zero-order valence-corrected chi connectivity index (χ0v) is 25.3. The predicted octanol–water partition coefficient (Wildman–Crippen LogP) is 3.41. The first-order valence-corrected chi connectivity index (χ1v) is 15.0. The standard InChI is InChI=1S/C30H33F5N8O3/c1-18-25(40-13-11-39(12-14-40)19(2)44)27(46)43-28(42(18)15-24(45)36-22-7-5-21(6-8-22)30(33,34)35)37-26(38-43)20-3-9-23(10-4-20)41-16-29(31,32)17-41/h3,5-8,23H,4,9-17H2,1-2H3,(H,36,45). The number of nitrogens with one attached hydrogen (secondary N) is 1. The number of piperazine rings is 1. The van der Waals surface area contributed by atoms with E-state index in [4.69, 9.17) is 0 Å². The van der Waals surface area contributed by atoms with E-state index < -0.39 is 29.1 Å². The van der Waals surface area contributed by atoms with Crippen LogP contribution in [0.1, 0.15) is 43.3 Å². The minimum atomic E-state index is -4.52. The molecule has 1 atom stereocenters. The van der Waals surface area contributed by atoms with Gasteiger partial charge in [-0.15, -0.1) is 5.10 Å². The van der Waals surface area contributed by atoms with Gasteiger partial charge in [0.1, 0.15) is 12.2 Å². The predicted molar refractivity (Wildman–Crippen MR) is 159 cm³/mol. The third-order valence-corrected chi connectivity index (χ3v) is 8.87. The van der Waals surface area contributed by atoms with Gasteiger partial charge < -0.3 is 19.7 Å². The van der Waals surface area contributed by atoms with Gasteiger partial charge in [-0.2, -0.15) is 22.7 Å². The van der Waals surface area contributed by atoms with Crippen LogP contribution in [0.25, 0.3) is 11.4 Å². The molecule has 1 aliphatic carbocycles. The monoisotopic (exact) mass is 648 g/mol. The molecule has 2 aromatic heterocycles. The lowest BCUT2D eigenvalue weighted by Gasteiger charge is -2.44. The number of carbonyl (C=O) groups is 2. The molecule has 1 unspecified atom stereocenters. The van der Waals surface area contributed by atoms with Crippen LogP contribution in [-0.2, 0) is 22.3 Å². The molecule has 3 aliphatic rings. The molecule has 0 spiro atoms. The lowest BCUT2D eigenvalue weighted by Crippen LogP contribution is -2.60. The maximum Gasteiger partial charge on any atom is 0.416 e. The first-order valence-electron chi connectivity index (χ1n) is 15.0. The lowest BCUT2D eigenvalue weighted by molar-refractivity contribution is -0.146. The van der Waals surface area contributed by atoms with E-state index in [2.05, 4.69) is 15.4 Å². The van der Waals surface area contributed by atoms with Crippen LogP contribution < -0.4 is 15.8 Å². The number of anilines is 2. The van der Waals surface area contributed by atoms with Crippen molar-refractivity contribution >= 4 is 34.5 Å². The van der Waals surface area contributed by atoms with Gasteiger partial charge in [0.2, 0.25) is 17.6 Å². The number of hydrogen-bond donors (Lipinski definition) is 1. The highest BCUT2D eigenvalue weighted by atomic mass is 19.4. The van der Waals surface area contributed by atoms with E-state index in [0.717, 1.165) is 34.4 Å². The Hall–Kier alpha value is -4.34. The van der Waals surface area contributed by atoms with E-state index in [1.54, 1.807) is 21.3 Å². The average Bonchev–Trinajstić information content (AvgIpc) is 3.44. The van der Waals surface area contributed by atoms with Crippen molar-refractivity contribution < 1.29 is 31.5 Å². The Balaban J connectivity index is 1.31. The van der Waals surface area contributed by atoms with Crippen LogP contribution in [0.15, 0.2) is 35.1 Å². The van der Waals surface area contributed by atoms with Gasteiger partial charge >= 0.3 is 6.18 Å². The number of aromatic nitrogens is 4. The highest BCUT2D eigenvalue weighted by Crippen LogP contribution is 2.35. The van der Waals surface area contributed by atoms with Gasteiger partial charge in [0, 0.05) is 50.5 Å². The second-order valence-corrected chi connectivity index (χ2v) is 12.0. The SMILES string of the molecule is CC(=O)N1CCN(c2c(C)n(CC(=O)Nc3ccc(C(F)(F)F)cc3)c3nc(C4=CCC(N5CC(F)(F)C5)CC4)nn3c2=O)CC1. The van der Waals surface area contributed by atoms with Gasteiger partial charge in [-0.3, -0.25) is 19.3 Å². The fourth-order valence-electron chi connectivity index (χ4n) is 6.33. The van der Waals surface area contributed by atoms with E-state index in [0.29, 0.717) is 62.6 Å². The van der Waals surface area contributed by atoms with Gasteiger partial charge in [0.25, 0.3) is 11.5 Å². The molecule has 46 heavy (non-hydrogen) atoms. The smallest absolute Gasteiger partial charge is 0.362 e. The molecule has 4 heterocycles. The van der Waals surface area contributed by atoms with Crippen LogP contribution in [0.5, 0.6) is 0 Å². The summed E-state index contributed by atoms with van der Waals surface area (Å²) in [5.74, 6) is -2.89. The molecule has 2 fully saturated rings. The molecule has 0 radical (unpaired) electrons.